The SMILES string of the molecule is CN1CCN(CN2C(=O)C(O)(CC(=O)c3ccc4c(c3)OCO4)c3ccccc32)CC1. The molecule has 8 nitrogen and oxygen atoms in total. The number of ketones is 1. The van der Waals surface area contributed by atoms with Crippen LogP contribution in [0.25, 0.3) is 0 Å². The number of carbonyl (C=O) groups excluding carboxylic acids is 2. The van der Waals surface area contributed by atoms with Crippen molar-refractivity contribution < 1.29 is 24.2 Å². The number of anilines is 1. The highest BCUT2D eigenvalue weighted by Crippen LogP contribution is 2.43. The summed E-state index contributed by atoms with van der Waals surface area (Å²) in [6.45, 7) is 4.05. The van der Waals surface area contributed by atoms with Gasteiger partial charge in [-0.25, -0.2) is 0 Å². The van der Waals surface area contributed by atoms with Crippen molar-refractivity contribution in [3.05, 3.63) is 53.6 Å². The summed E-state index contributed by atoms with van der Waals surface area (Å²) in [5.41, 5.74) is -0.382. The maximum atomic E-state index is 13.4. The Morgan fingerprint density at radius 3 is 2.61 bits per heavy atom. The highest BCUT2D eigenvalue weighted by atomic mass is 16.7. The third-order valence-electron chi connectivity index (χ3n) is 6.29. The van der Waals surface area contributed by atoms with E-state index in [4.69, 9.17) is 9.47 Å². The Hall–Kier alpha value is -2.94. The van der Waals surface area contributed by atoms with Crippen LogP contribution < -0.4 is 14.4 Å². The highest BCUT2D eigenvalue weighted by Gasteiger charge is 2.51. The van der Waals surface area contributed by atoms with Gasteiger partial charge in [0.25, 0.3) is 5.91 Å². The Kier molecular flexibility index (Phi) is 4.92. The molecule has 0 saturated carbocycles. The Morgan fingerprint density at radius 1 is 1.06 bits per heavy atom. The molecule has 8 heteroatoms. The fourth-order valence-electron chi connectivity index (χ4n) is 4.41. The molecule has 0 aromatic heterocycles. The van der Waals surface area contributed by atoms with Crippen molar-refractivity contribution in [2.45, 2.75) is 12.0 Å². The summed E-state index contributed by atoms with van der Waals surface area (Å²) < 4.78 is 10.6. The quantitative estimate of drug-likeness (QED) is 0.729. The van der Waals surface area contributed by atoms with E-state index in [-0.39, 0.29) is 19.0 Å². The molecule has 5 rings (SSSR count). The average molecular weight is 423 g/mol. The van der Waals surface area contributed by atoms with Gasteiger partial charge in [-0.2, -0.15) is 0 Å². The lowest BCUT2D eigenvalue weighted by molar-refractivity contribution is -0.136. The summed E-state index contributed by atoms with van der Waals surface area (Å²) >= 11 is 0. The van der Waals surface area contributed by atoms with Gasteiger partial charge in [0.1, 0.15) is 0 Å². The van der Waals surface area contributed by atoms with Crippen molar-refractivity contribution in [1.82, 2.24) is 9.80 Å². The Labute approximate surface area is 180 Å². The van der Waals surface area contributed by atoms with E-state index in [1.165, 1.54) is 0 Å². The van der Waals surface area contributed by atoms with E-state index in [0.29, 0.717) is 35.0 Å². The third kappa shape index (κ3) is 3.46. The first kappa shape index (κ1) is 20.0. The summed E-state index contributed by atoms with van der Waals surface area (Å²) in [5.74, 6) is 0.288. The van der Waals surface area contributed by atoms with Crippen molar-refractivity contribution >= 4 is 17.4 Å². The number of amides is 1. The smallest absolute Gasteiger partial charge is 0.265 e. The molecule has 1 saturated heterocycles. The summed E-state index contributed by atoms with van der Waals surface area (Å²) in [7, 11) is 2.08. The molecular formula is C23H25N3O5. The van der Waals surface area contributed by atoms with Crippen LogP contribution in [0.5, 0.6) is 11.5 Å². The molecule has 1 N–H and O–H groups in total. The van der Waals surface area contributed by atoms with E-state index in [9.17, 15) is 14.7 Å². The molecule has 1 atom stereocenters. The first-order valence-corrected chi connectivity index (χ1v) is 10.4. The second kappa shape index (κ2) is 7.64. The molecule has 3 heterocycles. The second-order valence-corrected chi connectivity index (χ2v) is 8.34. The molecule has 0 radical (unpaired) electrons. The van der Waals surface area contributed by atoms with Gasteiger partial charge in [0.05, 0.1) is 18.8 Å². The van der Waals surface area contributed by atoms with Crippen LogP contribution in [0.3, 0.4) is 0 Å². The number of Topliss-reactive ketones (excluding diaryl/α,β-unsaturated/α-hetero) is 1. The number of rotatable bonds is 5. The molecule has 1 unspecified atom stereocenters. The normalized spacial score (nSPS) is 23.3. The summed E-state index contributed by atoms with van der Waals surface area (Å²) in [6.07, 6.45) is -0.332. The lowest BCUT2D eigenvalue weighted by atomic mass is 9.88. The standard InChI is InChI=1S/C23H25N3O5/c1-24-8-10-25(11-9-24)14-26-18-5-3-2-4-17(18)23(29,22(26)28)13-19(27)16-6-7-20-21(12-16)31-15-30-20/h2-7,12,29H,8-11,13-15H2,1H3. The maximum absolute atomic E-state index is 13.4. The molecule has 0 aliphatic carbocycles. The second-order valence-electron chi connectivity index (χ2n) is 8.34. The Balaban J connectivity index is 1.40. The van der Waals surface area contributed by atoms with Crippen LogP contribution in [0.1, 0.15) is 22.3 Å². The van der Waals surface area contributed by atoms with Crippen molar-refractivity contribution in [2.24, 2.45) is 0 Å². The van der Waals surface area contributed by atoms with E-state index in [2.05, 4.69) is 16.8 Å². The molecule has 31 heavy (non-hydrogen) atoms. The van der Waals surface area contributed by atoms with Crippen LogP contribution in [-0.2, 0) is 10.4 Å². The van der Waals surface area contributed by atoms with E-state index < -0.39 is 11.5 Å². The molecule has 1 fully saturated rings. The van der Waals surface area contributed by atoms with Crippen LogP contribution in [0.4, 0.5) is 5.69 Å². The minimum Gasteiger partial charge on any atom is -0.454 e. The highest BCUT2D eigenvalue weighted by molar-refractivity contribution is 6.10. The van der Waals surface area contributed by atoms with Gasteiger partial charge in [-0.1, -0.05) is 18.2 Å². The minimum atomic E-state index is -1.89. The lowest BCUT2D eigenvalue weighted by Gasteiger charge is -2.35. The van der Waals surface area contributed by atoms with Crippen LogP contribution in [0, 0.1) is 0 Å². The number of ether oxygens (including phenoxy) is 2. The number of carbonyl (C=O) groups is 2. The van der Waals surface area contributed by atoms with Gasteiger partial charge in [-0.05, 0) is 31.3 Å². The molecule has 0 spiro atoms. The van der Waals surface area contributed by atoms with Gasteiger partial charge in [-0.15, -0.1) is 0 Å². The minimum absolute atomic E-state index is 0.115. The number of fused-ring (bicyclic) bond motifs is 2. The molecule has 0 bridgehead atoms. The zero-order valence-corrected chi connectivity index (χ0v) is 17.4. The van der Waals surface area contributed by atoms with Crippen LogP contribution >= 0.6 is 0 Å². The molecular weight excluding hydrogens is 398 g/mol. The van der Waals surface area contributed by atoms with E-state index in [0.717, 1.165) is 26.2 Å². The van der Waals surface area contributed by atoms with Gasteiger partial charge in [0.15, 0.2) is 22.9 Å². The fraction of sp³-hybridized carbons (Fsp3) is 0.391. The van der Waals surface area contributed by atoms with E-state index in [1.54, 1.807) is 35.2 Å². The summed E-state index contributed by atoms with van der Waals surface area (Å²) in [4.78, 5) is 32.5. The molecule has 3 aliphatic rings. The Morgan fingerprint density at radius 2 is 1.81 bits per heavy atom. The molecule has 3 aliphatic heterocycles. The molecule has 1 amide bonds. The number of benzene rings is 2. The Bertz CT molecular complexity index is 1030. The number of likely N-dealkylation sites (N-methyl/N-ethyl adjacent to an activating group) is 1. The molecule has 162 valence electrons. The van der Waals surface area contributed by atoms with Gasteiger partial charge in [-0.3, -0.25) is 19.4 Å². The van der Waals surface area contributed by atoms with Crippen molar-refractivity contribution in [2.75, 3.05) is 51.6 Å². The monoisotopic (exact) mass is 423 g/mol. The van der Waals surface area contributed by atoms with E-state index >= 15 is 0 Å². The predicted molar refractivity (Wildman–Crippen MR) is 113 cm³/mol. The van der Waals surface area contributed by atoms with Crippen LogP contribution in [-0.4, -0.2) is 73.3 Å². The van der Waals surface area contributed by atoms with Gasteiger partial charge in [0.2, 0.25) is 6.79 Å². The number of aliphatic hydroxyl groups is 1. The number of para-hydroxylation sites is 1. The number of piperazine rings is 1. The van der Waals surface area contributed by atoms with Gasteiger partial charge in [0, 0.05) is 37.3 Å². The molecule has 2 aromatic carbocycles. The first-order valence-electron chi connectivity index (χ1n) is 10.4. The van der Waals surface area contributed by atoms with Crippen molar-refractivity contribution in [3.8, 4) is 11.5 Å². The zero-order valence-electron chi connectivity index (χ0n) is 17.4. The third-order valence-corrected chi connectivity index (χ3v) is 6.29. The molecule has 2 aromatic rings. The van der Waals surface area contributed by atoms with Crippen molar-refractivity contribution in [1.29, 1.82) is 0 Å². The fourth-order valence-corrected chi connectivity index (χ4v) is 4.41. The maximum Gasteiger partial charge on any atom is 0.265 e. The van der Waals surface area contributed by atoms with Crippen molar-refractivity contribution in [3.63, 3.8) is 0 Å². The first-order chi connectivity index (χ1) is 15.0. The number of hydrogen-bond donors (Lipinski definition) is 1. The predicted octanol–water partition coefficient (Wildman–Crippen LogP) is 1.43. The van der Waals surface area contributed by atoms with Gasteiger partial charge >= 0.3 is 0 Å². The summed E-state index contributed by atoms with van der Waals surface area (Å²) in [6, 6.07) is 12.1. The summed E-state index contributed by atoms with van der Waals surface area (Å²) in [5, 5.41) is 11.5. The zero-order chi connectivity index (χ0) is 21.6. The topological polar surface area (TPSA) is 82.6 Å². The van der Waals surface area contributed by atoms with Crippen LogP contribution in [0.2, 0.25) is 0 Å². The van der Waals surface area contributed by atoms with E-state index in [1.807, 2.05) is 12.1 Å². The average Bonchev–Trinajstić information content (AvgIpc) is 3.32. The van der Waals surface area contributed by atoms with Crippen LogP contribution in [0.15, 0.2) is 42.5 Å². The number of hydrogen-bond acceptors (Lipinski definition) is 7. The largest absolute Gasteiger partial charge is 0.454 e. The number of nitrogens with zero attached hydrogens (tertiary/aromatic N) is 3. The lowest BCUT2D eigenvalue weighted by Crippen LogP contribution is -2.51. The van der Waals surface area contributed by atoms with Gasteiger partial charge < -0.3 is 19.5 Å².